The molecule has 0 N–H and O–H groups in total. The lowest BCUT2D eigenvalue weighted by molar-refractivity contribution is -0.238. The summed E-state index contributed by atoms with van der Waals surface area (Å²) in [5, 5.41) is 28.3. The molecule has 252 valence electrons. The van der Waals surface area contributed by atoms with E-state index in [1.165, 1.54) is 23.5 Å². The molecule has 0 saturated heterocycles. The van der Waals surface area contributed by atoms with Crippen LogP contribution in [0.25, 0.3) is 12.2 Å². The minimum absolute atomic E-state index is 0.189. The molecule has 2 unspecified atom stereocenters. The summed E-state index contributed by atoms with van der Waals surface area (Å²) in [4.78, 5) is 16.4. The van der Waals surface area contributed by atoms with E-state index in [9.17, 15) is 33.8 Å². The molecule has 0 spiro atoms. The van der Waals surface area contributed by atoms with Crippen LogP contribution in [-0.2, 0) is 9.53 Å². The van der Waals surface area contributed by atoms with Gasteiger partial charge in [-0.25, -0.2) is 4.79 Å². The van der Waals surface area contributed by atoms with E-state index in [0.29, 0.717) is 11.3 Å². The molecule has 2 heterocycles. The molecule has 0 bridgehead atoms. The van der Waals surface area contributed by atoms with E-state index in [2.05, 4.69) is 25.3 Å². The first-order valence-corrected chi connectivity index (χ1v) is 16.5. The highest BCUT2D eigenvalue weighted by atomic mass is 32.1. The molecule has 1 aliphatic rings. The van der Waals surface area contributed by atoms with Gasteiger partial charge in [-0.2, -0.15) is 29.0 Å². The number of ether oxygens (including phenoxy) is 2. The van der Waals surface area contributed by atoms with E-state index in [1.807, 2.05) is 36.4 Å². The molecule has 0 fully saturated rings. The maximum atomic E-state index is 14.3. The number of hydrogen-bond donors (Lipinski definition) is 0. The highest BCUT2D eigenvalue weighted by molar-refractivity contribution is 7.13. The molecule has 0 radical (unpaired) electrons. The largest absolute Gasteiger partial charge is 0.470 e. The van der Waals surface area contributed by atoms with Crippen LogP contribution in [0.4, 0.5) is 18.9 Å². The number of esters is 1. The highest BCUT2D eigenvalue weighted by Gasteiger charge is 2.61. The van der Waals surface area contributed by atoms with E-state index in [1.54, 1.807) is 26.0 Å². The Balaban J connectivity index is 1.95. The molecule has 3 rings (SSSR count). The number of rotatable bonds is 14. The van der Waals surface area contributed by atoms with E-state index < -0.39 is 40.6 Å². The molecule has 1 aliphatic heterocycles. The lowest BCUT2D eigenvalue weighted by atomic mass is 9.85. The Morgan fingerprint density at radius 1 is 1.10 bits per heavy atom. The Morgan fingerprint density at radius 2 is 1.75 bits per heavy atom. The minimum Gasteiger partial charge on any atom is -0.470 e. The van der Waals surface area contributed by atoms with E-state index in [4.69, 9.17) is 9.47 Å². The van der Waals surface area contributed by atoms with Crippen LogP contribution in [0.5, 0.6) is 5.75 Å². The normalized spacial score (nSPS) is 16.6. The number of alkyl halides is 3. The maximum absolute atomic E-state index is 14.3. The molecule has 0 amide bonds. The SMILES string of the molecule is C=C(C)C(=O)Oc1cc(N(CCCC)CCCC)ccc1/C=C/c1ccc(C(C)CC2=C(C#N)C(=C(C#N)C#N)OC2(C)C(F)(F)F)s1. The Morgan fingerprint density at radius 3 is 2.29 bits per heavy atom. The van der Waals surface area contributed by atoms with Gasteiger partial charge < -0.3 is 14.4 Å². The summed E-state index contributed by atoms with van der Waals surface area (Å²) < 4.78 is 53.8. The van der Waals surface area contributed by atoms with Crippen LogP contribution >= 0.6 is 11.3 Å². The van der Waals surface area contributed by atoms with Crippen LogP contribution in [0.1, 0.15) is 88.0 Å². The summed E-state index contributed by atoms with van der Waals surface area (Å²) in [6, 6.07) is 14.2. The van der Waals surface area contributed by atoms with Gasteiger partial charge in [-0.05, 0) is 75.4 Å². The van der Waals surface area contributed by atoms with Gasteiger partial charge in [0.25, 0.3) is 0 Å². The second-order valence-electron chi connectivity index (χ2n) is 11.8. The van der Waals surface area contributed by atoms with Crippen molar-refractivity contribution in [2.75, 3.05) is 18.0 Å². The van der Waals surface area contributed by atoms with Crippen molar-refractivity contribution in [2.24, 2.45) is 0 Å². The fourth-order valence-electron chi connectivity index (χ4n) is 5.14. The third-order valence-corrected chi connectivity index (χ3v) is 9.34. The van der Waals surface area contributed by atoms with Gasteiger partial charge in [0.1, 0.15) is 24.0 Å². The first-order chi connectivity index (χ1) is 22.7. The smallest absolute Gasteiger partial charge is 0.432 e. The minimum atomic E-state index is -4.91. The van der Waals surface area contributed by atoms with Gasteiger partial charge in [0.15, 0.2) is 11.3 Å². The molecule has 48 heavy (non-hydrogen) atoms. The van der Waals surface area contributed by atoms with E-state index >= 15 is 0 Å². The zero-order chi connectivity index (χ0) is 35.6. The molecular weight excluding hydrogens is 637 g/mol. The van der Waals surface area contributed by atoms with Gasteiger partial charge in [-0.1, -0.05) is 40.2 Å². The molecule has 1 aromatic heterocycles. The Bertz CT molecular complexity index is 1730. The Kier molecular flexibility index (Phi) is 12.8. The fraction of sp³-hybridized carbons (Fsp3) is 0.405. The predicted octanol–water partition coefficient (Wildman–Crippen LogP) is 9.77. The molecule has 2 aromatic rings. The van der Waals surface area contributed by atoms with Crippen molar-refractivity contribution in [3.8, 4) is 24.0 Å². The van der Waals surface area contributed by atoms with Gasteiger partial charge >= 0.3 is 12.1 Å². The monoisotopic (exact) mass is 676 g/mol. The number of nitrogens with zero attached hydrogens (tertiary/aromatic N) is 4. The molecule has 7 nitrogen and oxygen atoms in total. The number of allylic oxidation sites excluding steroid dienone is 2. The van der Waals surface area contributed by atoms with Crippen LogP contribution in [0, 0.1) is 34.0 Å². The summed E-state index contributed by atoms with van der Waals surface area (Å²) in [5.74, 6) is -1.25. The molecule has 0 saturated carbocycles. The zero-order valence-corrected chi connectivity index (χ0v) is 28.6. The van der Waals surface area contributed by atoms with Gasteiger partial charge in [0.05, 0.1) is 5.57 Å². The number of hydrogen-bond acceptors (Lipinski definition) is 8. The second kappa shape index (κ2) is 16.4. The first-order valence-electron chi connectivity index (χ1n) is 15.7. The number of carbonyl (C=O) groups excluding carboxylic acids is 1. The van der Waals surface area contributed by atoms with Crippen LogP contribution in [-0.4, -0.2) is 30.8 Å². The standard InChI is InChI=1S/C37H39F3N4O3S/c1-7-9-17-44(18-10-8-2)28-13-11-26(32(20-28)46-35(45)24(3)4)12-14-29-15-16-33(48-29)25(5)19-31-30(23-43)34(27(21-41)22-42)47-36(31,6)37(38,39)40/h11-16,20,25H,3,7-10,17-19H2,1-2,4-6H3/b14-12+. The average molecular weight is 677 g/mol. The van der Waals surface area contributed by atoms with Crippen molar-refractivity contribution in [2.45, 2.75) is 84.4 Å². The Labute approximate surface area is 284 Å². The topological polar surface area (TPSA) is 110 Å². The average Bonchev–Trinajstić information content (AvgIpc) is 3.64. The molecule has 11 heteroatoms. The number of benzene rings is 1. The summed E-state index contributed by atoms with van der Waals surface area (Å²) in [7, 11) is 0. The number of halogens is 3. The van der Waals surface area contributed by atoms with E-state index in [0.717, 1.165) is 61.1 Å². The van der Waals surface area contributed by atoms with Gasteiger partial charge in [-0.3, -0.25) is 0 Å². The molecule has 1 aromatic carbocycles. The number of anilines is 1. The fourth-order valence-corrected chi connectivity index (χ4v) is 6.11. The lowest BCUT2D eigenvalue weighted by Crippen LogP contribution is -2.44. The number of unbranched alkanes of at least 4 members (excludes halogenated alkanes) is 2. The summed E-state index contributed by atoms with van der Waals surface area (Å²) in [6.07, 6.45) is 2.72. The highest BCUT2D eigenvalue weighted by Crippen LogP contribution is 2.51. The van der Waals surface area contributed by atoms with Crippen LogP contribution in [0.3, 0.4) is 0 Å². The van der Waals surface area contributed by atoms with E-state index in [-0.39, 0.29) is 17.6 Å². The second-order valence-corrected chi connectivity index (χ2v) is 12.9. The van der Waals surface area contributed by atoms with Crippen molar-refractivity contribution < 1.29 is 27.4 Å². The Hall–Kier alpha value is -4.79. The lowest BCUT2D eigenvalue weighted by Gasteiger charge is -2.31. The van der Waals surface area contributed by atoms with Crippen molar-refractivity contribution >= 4 is 35.1 Å². The van der Waals surface area contributed by atoms with Gasteiger partial charge in [0.2, 0.25) is 5.60 Å². The van der Waals surface area contributed by atoms with Crippen molar-refractivity contribution in [3.63, 3.8) is 0 Å². The third-order valence-electron chi connectivity index (χ3n) is 8.06. The number of thiophene rings is 1. The predicted molar refractivity (Wildman–Crippen MR) is 182 cm³/mol. The third kappa shape index (κ3) is 8.56. The molecular formula is C37H39F3N4O3S. The molecule has 0 aliphatic carbocycles. The van der Waals surface area contributed by atoms with Crippen molar-refractivity contribution in [1.82, 2.24) is 0 Å². The maximum Gasteiger partial charge on any atom is 0.432 e. The van der Waals surface area contributed by atoms with Crippen molar-refractivity contribution in [1.29, 1.82) is 15.8 Å². The first kappa shape index (κ1) is 37.7. The number of carbonyl (C=O) groups is 1. The van der Waals surface area contributed by atoms with Gasteiger partial charge in [0, 0.05) is 51.3 Å². The quantitative estimate of drug-likeness (QED) is 0.0848. The van der Waals surface area contributed by atoms with Crippen LogP contribution in [0.15, 0.2) is 65.0 Å². The summed E-state index contributed by atoms with van der Waals surface area (Å²) >= 11 is 1.37. The molecule has 2 atom stereocenters. The summed E-state index contributed by atoms with van der Waals surface area (Å²) in [6.45, 7) is 13.9. The zero-order valence-electron chi connectivity index (χ0n) is 27.8. The van der Waals surface area contributed by atoms with Crippen LogP contribution in [0.2, 0.25) is 0 Å². The van der Waals surface area contributed by atoms with Crippen LogP contribution < -0.4 is 9.64 Å². The summed E-state index contributed by atoms with van der Waals surface area (Å²) in [5.41, 5.74) is -2.45. The van der Waals surface area contributed by atoms with Crippen molar-refractivity contribution in [3.05, 3.63) is 80.3 Å². The van der Waals surface area contributed by atoms with Gasteiger partial charge in [-0.15, -0.1) is 11.3 Å². The number of nitriles is 3.